The molecule has 1 fully saturated rings. The van der Waals surface area contributed by atoms with E-state index in [9.17, 15) is 4.79 Å². The van der Waals surface area contributed by atoms with E-state index in [1.165, 1.54) is 6.42 Å². The molecule has 82 valence electrons. The van der Waals surface area contributed by atoms with E-state index in [0.717, 1.165) is 19.4 Å². The standard InChI is InChI=1S/C11H22N2O/c1-4-9(3)13-11(14)10-8(2)6-5-7-12-10/h8-10,12H,4-7H2,1-3H3,(H,13,14). The Morgan fingerprint density at radius 3 is 2.93 bits per heavy atom. The lowest BCUT2D eigenvalue weighted by Gasteiger charge is -2.29. The van der Waals surface area contributed by atoms with Crippen molar-refractivity contribution in [3.63, 3.8) is 0 Å². The molecule has 14 heavy (non-hydrogen) atoms. The average Bonchev–Trinajstić information content (AvgIpc) is 2.18. The summed E-state index contributed by atoms with van der Waals surface area (Å²) in [7, 11) is 0. The highest BCUT2D eigenvalue weighted by Gasteiger charge is 2.27. The van der Waals surface area contributed by atoms with Gasteiger partial charge in [0.2, 0.25) is 5.91 Å². The summed E-state index contributed by atoms with van der Waals surface area (Å²) in [6.45, 7) is 7.25. The molecule has 1 aliphatic rings. The molecule has 3 heteroatoms. The normalized spacial score (nSPS) is 29.6. The lowest BCUT2D eigenvalue weighted by atomic mass is 9.92. The summed E-state index contributed by atoms with van der Waals surface area (Å²) in [5, 5.41) is 6.31. The maximum Gasteiger partial charge on any atom is 0.237 e. The van der Waals surface area contributed by atoms with E-state index in [4.69, 9.17) is 0 Å². The lowest BCUT2D eigenvalue weighted by Crippen LogP contribution is -2.52. The van der Waals surface area contributed by atoms with Crippen LogP contribution in [0.5, 0.6) is 0 Å². The van der Waals surface area contributed by atoms with Crippen LogP contribution in [0.3, 0.4) is 0 Å². The maximum absolute atomic E-state index is 11.8. The second-order valence-electron chi connectivity index (χ2n) is 4.37. The summed E-state index contributed by atoms with van der Waals surface area (Å²) in [6.07, 6.45) is 3.34. The van der Waals surface area contributed by atoms with Gasteiger partial charge in [0.05, 0.1) is 6.04 Å². The second kappa shape index (κ2) is 5.35. The Morgan fingerprint density at radius 2 is 2.36 bits per heavy atom. The minimum atomic E-state index is 0.0257. The molecule has 1 amide bonds. The molecule has 3 nitrogen and oxygen atoms in total. The van der Waals surface area contributed by atoms with Crippen molar-refractivity contribution >= 4 is 5.91 Å². The number of carbonyl (C=O) groups is 1. The summed E-state index contributed by atoms with van der Waals surface area (Å²) in [5.74, 6) is 0.638. The van der Waals surface area contributed by atoms with Crippen molar-refractivity contribution in [1.29, 1.82) is 0 Å². The van der Waals surface area contributed by atoms with Crippen LogP contribution >= 0.6 is 0 Å². The Morgan fingerprint density at radius 1 is 1.64 bits per heavy atom. The first-order valence-electron chi connectivity index (χ1n) is 5.69. The van der Waals surface area contributed by atoms with E-state index < -0.39 is 0 Å². The summed E-state index contributed by atoms with van der Waals surface area (Å²) in [6, 6.07) is 0.316. The first-order valence-corrected chi connectivity index (χ1v) is 5.69. The Balaban J connectivity index is 2.42. The molecule has 0 spiro atoms. The molecule has 0 aromatic heterocycles. The van der Waals surface area contributed by atoms with Gasteiger partial charge < -0.3 is 10.6 Å². The minimum absolute atomic E-state index is 0.0257. The quantitative estimate of drug-likeness (QED) is 0.717. The zero-order valence-electron chi connectivity index (χ0n) is 9.47. The Labute approximate surface area is 86.6 Å². The van der Waals surface area contributed by atoms with E-state index in [-0.39, 0.29) is 11.9 Å². The molecule has 0 bridgehead atoms. The van der Waals surface area contributed by atoms with Crippen LogP contribution in [0.4, 0.5) is 0 Å². The van der Waals surface area contributed by atoms with Gasteiger partial charge in [-0.05, 0) is 38.6 Å². The van der Waals surface area contributed by atoms with Crippen LogP contribution in [-0.4, -0.2) is 24.5 Å². The highest BCUT2D eigenvalue weighted by molar-refractivity contribution is 5.82. The van der Waals surface area contributed by atoms with Gasteiger partial charge in [0, 0.05) is 6.04 Å². The van der Waals surface area contributed by atoms with Crippen LogP contribution in [0.1, 0.15) is 40.0 Å². The van der Waals surface area contributed by atoms with Gasteiger partial charge in [-0.1, -0.05) is 13.8 Å². The Hall–Kier alpha value is -0.570. The van der Waals surface area contributed by atoms with E-state index in [2.05, 4.69) is 24.5 Å². The first-order chi connectivity index (χ1) is 6.65. The third kappa shape index (κ3) is 2.98. The number of piperidine rings is 1. The van der Waals surface area contributed by atoms with Gasteiger partial charge in [0.15, 0.2) is 0 Å². The summed E-state index contributed by atoms with van der Waals surface area (Å²) in [5.41, 5.74) is 0. The van der Waals surface area contributed by atoms with Crippen molar-refractivity contribution in [2.24, 2.45) is 5.92 Å². The molecular weight excluding hydrogens is 176 g/mol. The SMILES string of the molecule is CCC(C)NC(=O)C1NCCCC1C. The van der Waals surface area contributed by atoms with Crippen molar-refractivity contribution in [3.05, 3.63) is 0 Å². The van der Waals surface area contributed by atoms with Crippen molar-refractivity contribution in [2.75, 3.05) is 6.54 Å². The lowest BCUT2D eigenvalue weighted by molar-refractivity contribution is -0.125. The monoisotopic (exact) mass is 198 g/mol. The molecular formula is C11H22N2O. The van der Waals surface area contributed by atoms with E-state index >= 15 is 0 Å². The van der Waals surface area contributed by atoms with E-state index in [1.54, 1.807) is 0 Å². The Kier molecular flexibility index (Phi) is 4.39. The van der Waals surface area contributed by atoms with Crippen LogP contribution in [-0.2, 0) is 4.79 Å². The molecule has 0 aromatic rings. The van der Waals surface area contributed by atoms with Gasteiger partial charge in [0.25, 0.3) is 0 Å². The van der Waals surface area contributed by atoms with Crippen molar-refractivity contribution < 1.29 is 4.79 Å². The zero-order chi connectivity index (χ0) is 10.6. The molecule has 3 unspecified atom stereocenters. The fourth-order valence-corrected chi connectivity index (χ4v) is 1.84. The topological polar surface area (TPSA) is 41.1 Å². The van der Waals surface area contributed by atoms with E-state index in [1.807, 2.05) is 6.92 Å². The molecule has 0 saturated carbocycles. The predicted molar refractivity (Wildman–Crippen MR) is 58.1 cm³/mol. The van der Waals surface area contributed by atoms with E-state index in [0.29, 0.717) is 12.0 Å². The molecule has 0 aliphatic carbocycles. The highest BCUT2D eigenvalue weighted by atomic mass is 16.2. The molecule has 1 saturated heterocycles. The number of rotatable bonds is 3. The third-order valence-corrected chi connectivity index (χ3v) is 3.05. The largest absolute Gasteiger partial charge is 0.352 e. The van der Waals surface area contributed by atoms with Crippen LogP contribution in [0.25, 0.3) is 0 Å². The van der Waals surface area contributed by atoms with Gasteiger partial charge in [-0.3, -0.25) is 4.79 Å². The highest BCUT2D eigenvalue weighted by Crippen LogP contribution is 2.15. The number of hydrogen-bond donors (Lipinski definition) is 2. The number of hydrogen-bond acceptors (Lipinski definition) is 2. The smallest absolute Gasteiger partial charge is 0.237 e. The molecule has 3 atom stereocenters. The summed E-state index contributed by atoms with van der Waals surface area (Å²) >= 11 is 0. The number of carbonyl (C=O) groups excluding carboxylic acids is 1. The van der Waals surface area contributed by atoms with Gasteiger partial charge in [0.1, 0.15) is 0 Å². The molecule has 1 rings (SSSR count). The van der Waals surface area contributed by atoms with Gasteiger partial charge in [-0.2, -0.15) is 0 Å². The summed E-state index contributed by atoms with van der Waals surface area (Å²) in [4.78, 5) is 11.8. The number of nitrogens with one attached hydrogen (secondary N) is 2. The van der Waals surface area contributed by atoms with Gasteiger partial charge in [-0.15, -0.1) is 0 Å². The molecule has 2 N–H and O–H groups in total. The third-order valence-electron chi connectivity index (χ3n) is 3.05. The Bertz CT molecular complexity index is 194. The first kappa shape index (κ1) is 11.5. The van der Waals surface area contributed by atoms with Gasteiger partial charge in [-0.25, -0.2) is 0 Å². The fourth-order valence-electron chi connectivity index (χ4n) is 1.84. The fraction of sp³-hybridized carbons (Fsp3) is 0.909. The molecule has 1 heterocycles. The second-order valence-corrected chi connectivity index (χ2v) is 4.37. The zero-order valence-corrected chi connectivity index (χ0v) is 9.47. The molecule has 0 aromatic carbocycles. The number of amides is 1. The van der Waals surface area contributed by atoms with Crippen LogP contribution in [0, 0.1) is 5.92 Å². The van der Waals surface area contributed by atoms with Crippen molar-refractivity contribution in [3.8, 4) is 0 Å². The van der Waals surface area contributed by atoms with Gasteiger partial charge >= 0.3 is 0 Å². The van der Waals surface area contributed by atoms with Crippen molar-refractivity contribution in [1.82, 2.24) is 10.6 Å². The maximum atomic E-state index is 11.8. The summed E-state index contributed by atoms with van der Waals surface area (Å²) < 4.78 is 0. The predicted octanol–water partition coefficient (Wildman–Crippen LogP) is 1.29. The minimum Gasteiger partial charge on any atom is -0.352 e. The van der Waals surface area contributed by atoms with Crippen LogP contribution in [0.15, 0.2) is 0 Å². The van der Waals surface area contributed by atoms with Crippen molar-refractivity contribution in [2.45, 2.75) is 52.1 Å². The molecule has 1 aliphatic heterocycles. The average molecular weight is 198 g/mol. The van der Waals surface area contributed by atoms with Crippen LogP contribution < -0.4 is 10.6 Å². The van der Waals surface area contributed by atoms with Crippen LogP contribution in [0.2, 0.25) is 0 Å². The molecule has 0 radical (unpaired) electrons.